The van der Waals surface area contributed by atoms with Crippen molar-refractivity contribution in [2.24, 2.45) is 5.73 Å². The molecule has 1 aromatic carbocycles. The molecule has 1 aromatic rings. The summed E-state index contributed by atoms with van der Waals surface area (Å²) in [5.74, 6) is -0.457. The van der Waals surface area contributed by atoms with Gasteiger partial charge in [-0.3, -0.25) is 0 Å². The molecule has 5 nitrogen and oxygen atoms in total. The van der Waals surface area contributed by atoms with Crippen LogP contribution in [0.3, 0.4) is 0 Å². The standard InChI is InChI=1S/C16H22N2O3/c1-21-16(20)14(9-12-19)15(18-11-10-17)8-7-13-5-3-2-4-6-13/h2-8,18-19H,9-12,17H2,1H3. The van der Waals surface area contributed by atoms with Gasteiger partial charge in [0.25, 0.3) is 0 Å². The largest absolute Gasteiger partial charge is 0.466 e. The van der Waals surface area contributed by atoms with E-state index in [4.69, 9.17) is 15.6 Å². The predicted molar refractivity (Wildman–Crippen MR) is 83.3 cm³/mol. The number of methoxy groups -OCH3 is 1. The number of allylic oxidation sites excluding steroid dienone is 1. The van der Waals surface area contributed by atoms with Crippen LogP contribution in [0.1, 0.15) is 12.0 Å². The summed E-state index contributed by atoms with van der Waals surface area (Å²) in [6, 6.07) is 9.73. The number of esters is 1. The van der Waals surface area contributed by atoms with Crippen molar-refractivity contribution in [2.75, 3.05) is 26.8 Å². The van der Waals surface area contributed by atoms with E-state index in [0.29, 0.717) is 24.4 Å². The van der Waals surface area contributed by atoms with E-state index >= 15 is 0 Å². The van der Waals surface area contributed by atoms with Gasteiger partial charge in [0.05, 0.1) is 12.7 Å². The highest BCUT2D eigenvalue weighted by molar-refractivity contribution is 5.90. The zero-order chi connectivity index (χ0) is 15.5. The number of carbonyl (C=O) groups excluding carboxylic acids is 1. The Bertz CT molecular complexity index is 496. The molecule has 0 amide bonds. The Morgan fingerprint density at radius 2 is 2.10 bits per heavy atom. The molecule has 0 bridgehead atoms. The Balaban J connectivity index is 3.06. The van der Waals surface area contributed by atoms with Gasteiger partial charge in [0.15, 0.2) is 0 Å². The number of hydrogen-bond acceptors (Lipinski definition) is 5. The van der Waals surface area contributed by atoms with Gasteiger partial charge < -0.3 is 20.9 Å². The molecule has 21 heavy (non-hydrogen) atoms. The van der Waals surface area contributed by atoms with Crippen LogP contribution in [0.25, 0.3) is 6.08 Å². The molecule has 0 atom stereocenters. The Labute approximate surface area is 125 Å². The maximum atomic E-state index is 11.8. The molecule has 0 heterocycles. The second kappa shape index (κ2) is 9.74. The number of rotatable bonds is 8. The monoisotopic (exact) mass is 290 g/mol. The third-order valence-electron chi connectivity index (χ3n) is 2.82. The summed E-state index contributed by atoms with van der Waals surface area (Å²) in [5.41, 5.74) is 7.52. The van der Waals surface area contributed by atoms with Gasteiger partial charge in [-0.2, -0.15) is 0 Å². The number of nitrogens with one attached hydrogen (secondary N) is 1. The predicted octanol–water partition coefficient (Wildman–Crippen LogP) is 1.06. The highest BCUT2D eigenvalue weighted by Crippen LogP contribution is 2.12. The first-order valence-electron chi connectivity index (χ1n) is 6.82. The van der Waals surface area contributed by atoms with Crippen LogP contribution < -0.4 is 11.1 Å². The van der Waals surface area contributed by atoms with Gasteiger partial charge in [-0.05, 0) is 11.6 Å². The van der Waals surface area contributed by atoms with E-state index in [1.165, 1.54) is 7.11 Å². The third-order valence-corrected chi connectivity index (χ3v) is 2.82. The fraction of sp³-hybridized carbons (Fsp3) is 0.312. The van der Waals surface area contributed by atoms with Gasteiger partial charge >= 0.3 is 5.97 Å². The molecular formula is C16H22N2O3. The molecule has 0 aromatic heterocycles. The molecule has 0 unspecified atom stereocenters. The maximum absolute atomic E-state index is 11.8. The van der Waals surface area contributed by atoms with E-state index in [-0.39, 0.29) is 13.0 Å². The average molecular weight is 290 g/mol. The normalized spacial score (nSPS) is 12.1. The SMILES string of the molecule is COC(=O)C(CCO)=C(C=Cc1ccccc1)NCCN. The van der Waals surface area contributed by atoms with Gasteiger partial charge in [0.1, 0.15) is 0 Å². The first-order chi connectivity index (χ1) is 10.2. The first kappa shape index (κ1) is 16.9. The van der Waals surface area contributed by atoms with Gasteiger partial charge in [-0.25, -0.2) is 4.79 Å². The summed E-state index contributed by atoms with van der Waals surface area (Å²) < 4.78 is 4.76. The number of carbonyl (C=O) groups is 1. The fourth-order valence-electron chi connectivity index (χ4n) is 1.80. The van der Waals surface area contributed by atoms with Crippen molar-refractivity contribution < 1.29 is 14.6 Å². The van der Waals surface area contributed by atoms with E-state index in [1.807, 2.05) is 36.4 Å². The molecule has 0 saturated heterocycles. The van der Waals surface area contributed by atoms with Crippen molar-refractivity contribution in [3.8, 4) is 0 Å². The lowest BCUT2D eigenvalue weighted by atomic mass is 10.1. The van der Waals surface area contributed by atoms with Crippen molar-refractivity contribution >= 4 is 12.0 Å². The summed E-state index contributed by atoms with van der Waals surface area (Å²) in [4.78, 5) is 11.8. The van der Waals surface area contributed by atoms with Crippen LogP contribution in [-0.4, -0.2) is 37.9 Å². The summed E-state index contributed by atoms with van der Waals surface area (Å²) >= 11 is 0. The highest BCUT2D eigenvalue weighted by atomic mass is 16.5. The fourth-order valence-corrected chi connectivity index (χ4v) is 1.80. The zero-order valence-electron chi connectivity index (χ0n) is 12.2. The maximum Gasteiger partial charge on any atom is 0.335 e. The van der Waals surface area contributed by atoms with E-state index in [9.17, 15) is 4.79 Å². The number of ether oxygens (including phenoxy) is 1. The summed E-state index contributed by atoms with van der Waals surface area (Å²) in [7, 11) is 1.32. The molecule has 0 spiro atoms. The smallest absolute Gasteiger partial charge is 0.335 e. The molecule has 4 N–H and O–H groups in total. The Hall–Kier alpha value is -2.11. The minimum atomic E-state index is -0.457. The molecule has 0 saturated carbocycles. The average Bonchev–Trinajstić information content (AvgIpc) is 2.53. The summed E-state index contributed by atoms with van der Waals surface area (Å²) in [6.45, 7) is 0.841. The molecular weight excluding hydrogens is 268 g/mol. The van der Waals surface area contributed by atoms with Crippen LogP contribution in [0.2, 0.25) is 0 Å². The molecule has 0 fully saturated rings. The minimum absolute atomic E-state index is 0.128. The van der Waals surface area contributed by atoms with Crippen LogP contribution in [0, 0.1) is 0 Å². The zero-order valence-corrected chi connectivity index (χ0v) is 12.2. The van der Waals surface area contributed by atoms with Gasteiger partial charge in [-0.15, -0.1) is 0 Å². The lowest BCUT2D eigenvalue weighted by Crippen LogP contribution is -2.24. The van der Waals surface area contributed by atoms with Crippen molar-refractivity contribution in [1.82, 2.24) is 5.32 Å². The van der Waals surface area contributed by atoms with E-state index in [2.05, 4.69) is 5.32 Å². The van der Waals surface area contributed by atoms with E-state index < -0.39 is 5.97 Å². The van der Waals surface area contributed by atoms with Crippen LogP contribution in [0.5, 0.6) is 0 Å². The molecule has 1 rings (SSSR count). The molecule has 5 heteroatoms. The second-order valence-electron chi connectivity index (χ2n) is 4.32. The molecule has 114 valence electrons. The van der Waals surface area contributed by atoms with Gasteiger partial charge in [0, 0.05) is 31.8 Å². The Morgan fingerprint density at radius 3 is 2.67 bits per heavy atom. The quantitative estimate of drug-likeness (QED) is 0.379. The highest BCUT2D eigenvalue weighted by Gasteiger charge is 2.13. The third kappa shape index (κ3) is 5.81. The molecule has 0 aliphatic heterocycles. The number of nitrogens with two attached hydrogens (primary N) is 1. The lowest BCUT2D eigenvalue weighted by Gasteiger charge is -2.12. The van der Waals surface area contributed by atoms with Crippen molar-refractivity contribution in [3.05, 3.63) is 53.2 Å². The Kier molecular flexibility index (Phi) is 7.86. The second-order valence-corrected chi connectivity index (χ2v) is 4.32. The van der Waals surface area contributed by atoms with Gasteiger partial charge in [0.2, 0.25) is 0 Å². The van der Waals surface area contributed by atoms with E-state index in [0.717, 1.165) is 5.56 Å². The summed E-state index contributed by atoms with van der Waals surface area (Å²) in [5, 5.41) is 12.2. The van der Waals surface area contributed by atoms with Crippen LogP contribution in [0.15, 0.2) is 47.7 Å². The van der Waals surface area contributed by atoms with Crippen molar-refractivity contribution in [2.45, 2.75) is 6.42 Å². The van der Waals surface area contributed by atoms with Crippen LogP contribution in [-0.2, 0) is 9.53 Å². The minimum Gasteiger partial charge on any atom is -0.466 e. The Morgan fingerprint density at radius 1 is 1.38 bits per heavy atom. The first-order valence-corrected chi connectivity index (χ1v) is 6.82. The molecule has 0 aliphatic rings. The molecule has 0 aliphatic carbocycles. The lowest BCUT2D eigenvalue weighted by molar-refractivity contribution is -0.136. The topological polar surface area (TPSA) is 84.6 Å². The van der Waals surface area contributed by atoms with Gasteiger partial charge in [-0.1, -0.05) is 36.4 Å². The number of benzene rings is 1. The number of hydrogen-bond donors (Lipinski definition) is 3. The molecule has 0 radical (unpaired) electrons. The van der Waals surface area contributed by atoms with E-state index in [1.54, 1.807) is 6.08 Å². The summed E-state index contributed by atoms with van der Waals surface area (Å²) in [6.07, 6.45) is 3.91. The number of aliphatic hydroxyl groups is 1. The number of aliphatic hydroxyl groups excluding tert-OH is 1. The van der Waals surface area contributed by atoms with Crippen LogP contribution in [0.4, 0.5) is 0 Å². The van der Waals surface area contributed by atoms with Crippen molar-refractivity contribution in [3.63, 3.8) is 0 Å². The van der Waals surface area contributed by atoms with Crippen LogP contribution >= 0.6 is 0 Å². The van der Waals surface area contributed by atoms with Crippen molar-refractivity contribution in [1.29, 1.82) is 0 Å².